The van der Waals surface area contributed by atoms with Crippen molar-refractivity contribution in [2.75, 3.05) is 30.4 Å². The van der Waals surface area contributed by atoms with Gasteiger partial charge in [0.1, 0.15) is 11.6 Å². The molecule has 0 radical (unpaired) electrons. The van der Waals surface area contributed by atoms with Gasteiger partial charge in [0.2, 0.25) is 0 Å². The summed E-state index contributed by atoms with van der Waals surface area (Å²) in [5, 5.41) is 16.9. The normalized spacial score (nSPS) is 15.3. The van der Waals surface area contributed by atoms with Gasteiger partial charge in [-0.3, -0.25) is 9.89 Å². The fourth-order valence-corrected chi connectivity index (χ4v) is 4.20. The van der Waals surface area contributed by atoms with Crippen LogP contribution in [-0.2, 0) is 9.53 Å². The first kappa shape index (κ1) is 25.3. The Morgan fingerprint density at radius 1 is 1.16 bits per heavy atom. The first-order valence-electron chi connectivity index (χ1n) is 11.9. The molecular weight excluding hydrogens is 496 g/mol. The van der Waals surface area contributed by atoms with E-state index in [2.05, 4.69) is 35.9 Å². The number of amides is 1. The maximum Gasteiger partial charge on any atom is 0.264 e. The quantitative estimate of drug-likeness (QED) is 0.305. The summed E-state index contributed by atoms with van der Waals surface area (Å²) in [6.45, 7) is 3.98. The van der Waals surface area contributed by atoms with Gasteiger partial charge in [0.25, 0.3) is 12.3 Å². The Labute approximate surface area is 217 Å². The number of nitrogens with one attached hydrogen (secondary N) is 3. The van der Waals surface area contributed by atoms with E-state index in [1.165, 1.54) is 19.2 Å². The number of H-pyrrole nitrogens is 1. The van der Waals surface area contributed by atoms with Crippen molar-refractivity contribution in [3.8, 4) is 5.82 Å². The molecule has 38 heavy (non-hydrogen) atoms. The molecule has 1 atom stereocenters. The molecule has 11 nitrogen and oxygen atoms in total. The Bertz CT molecular complexity index is 1400. The molecule has 0 saturated carbocycles. The van der Waals surface area contributed by atoms with Crippen LogP contribution in [0.4, 0.5) is 26.2 Å². The van der Waals surface area contributed by atoms with Crippen LogP contribution in [0.2, 0.25) is 0 Å². The topological polar surface area (TPSA) is 126 Å². The number of anilines is 3. The van der Waals surface area contributed by atoms with Crippen molar-refractivity contribution in [2.45, 2.75) is 31.9 Å². The van der Waals surface area contributed by atoms with Crippen molar-refractivity contribution in [1.82, 2.24) is 35.3 Å². The van der Waals surface area contributed by atoms with Gasteiger partial charge in [0.05, 0.1) is 19.1 Å². The predicted molar refractivity (Wildman–Crippen MR) is 136 cm³/mol. The lowest BCUT2D eigenvalue weighted by Gasteiger charge is -2.48. The minimum atomic E-state index is -2.69. The van der Waals surface area contributed by atoms with Crippen LogP contribution in [0.5, 0.6) is 0 Å². The van der Waals surface area contributed by atoms with E-state index in [0.717, 1.165) is 11.3 Å². The van der Waals surface area contributed by atoms with Crippen LogP contribution in [0.25, 0.3) is 5.82 Å². The van der Waals surface area contributed by atoms with Crippen molar-refractivity contribution in [3.63, 3.8) is 0 Å². The number of hydrogen-bond acceptors (Lipinski definition) is 8. The number of rotatable bonds is 9. The van der Waals surface area contributed by atoms with Gasteiger partial charge in [0.15, 0.2) is 17.2 Å². The minimum Gasteiger partial charge on any atom is -0.365 e. The maximum absolute atomic E-state index is 13.6. The number of aromatic nitrogens is 6. The number of hydrogen-bond donors (Lipinski definition) is 3. The predicted octanol–water partition coefficient (Wildman–Crippen LogP) is 3.46. The van der Waals surface area contributed by atoms with Crippen molar-refractivity contribution < 1.29 is 18.3 Å². The highest BCUT2D eigenvalue weighted by Gasteiger charge is 2.51. The molecule has 0 unspecified atom stereocenters. The fraction of sp³-hybridized carbons (Fsp3) is 0.320. The third kappa shape index (κ3) is 5.05. The smallest absolute Gasteiger partial charge is 0.264 e. The van der Waals surface area contributed by atoms with Gasteiger partial charge in [-0.15, -0.1) is 0 Å². The number of aromatic amines is 1. The second-order valence-electron chi connectivity index (χ2n) is 9.16. The number of aryl methyl sites for hydroxylation is 1. The standard InChI is InChI=1S/C25H27F2N9O2/c1-15-9-20(34-33-15)31-19-10-18(23(26)27)11-22(32-19)35-13-25(14-35,38-3)24(37)30-16(2)17-5-6-21(28-12-17)36-8-4-7-29-36/h4-12,16,23H,13-14H2,1-3H3,(H,30,37)(H2,31,32,33,34)/t16-/m0/s1. The van der Waals surface area contributed by atoms with Gasteiger partial charge in [-0.25, -0.2) is 23.4 Å². The lowest BCUT2D eigenvalue weighted by atomic mass is 9.91. The van der Waals surface area contributed by atoms with Crippen LogP contribution in [0, 0.1) is 6.92 Å². The van der Waals surface area contributed by atoms with Crippen molar-refractivity contribution >= 4 is 23.4 Å². The summed E-state index contributed by atoms with van der Waals surface area (Å²) in [5.41, 5.74) is 0.290. The van der Waals surface area contributed by atoms with Gasteiger partial charge < -0.3 is 20.3 Å². The molecule has 1 aliphatic heterocycles. The monoisotopic (exact) mass is 523 g/mol. The third-order valence-electron chi connectivity index (χ3n) is 6.43. The summed E-state index contributed by atoms with van der Waals surface area (Å²) < 4.78 is 34.5. The van der Waals surface area contributed by atoms with Crippen LogP contribution in [0.1, 0.15) is 36.2 Å². The molecule has 198 valence electrons. The molecule has 5 rings (SSSR count). The van der Waals surface area contributed by atoms with E-state index in [-0.39, 0.29) is 36.4 Å². The number of ether oxygens (including phenoxy) is 1. The fourth-order valence-electron chi connectivity index (χ4n) is 4.20. The van der Waals surface area contributed by atoms with Crippen molar-refractivity contribution in [3.05, 3.63) is 71.8 Å². The largest absolute Gasteiger partial charge is 0.365 e. The average Bonchev–Trinajstić information content (AvgIpc) is 3.56. The first-order chi connectivity index (χ1) is 18.3. The average molecular weight is 524 g/mol. The Morgan fingerprint density at radius 2 is 1.97 bits per heavy atom. The lowest BCUT2D eigenvalue weighted by Crippen LogP contribution is -2.70. The van der Waals surface area contributed by atoms with Crippen molar-refractivity contribution in [1.29, 1.82) is 0 Å². The number of nitrogens with zero attached hydrogens (tertiary/aromatic N) is 6. The molecule has 0 spiro atoms. The van der Waals surface area contributed by atoms with Gasteiger partial charge in [-0.2, -0.15) is 10.2 Å². The van der Waals surface area contributed by atoms with Crippen LogP contribution in [0.15, 0.2) is 55.0 Å². The van der Waals surface area contributed by atoms with Gasteiger partial charge in [-0.1, -0.05) is 6.07 Å². The van der Waals surface area contributed by atoms with Crippen LogP contribution in [-0.4, -0.2) is 61.7 Å². The molecule has 0 aliphatic carbocycles. The van der Waals surface area contributed by atoms with Gasteiger partial charge in [0, 0.05) is 43.0 Å². The molecule has 1 fully saturated rings. The zero-order valence-corrected chi connectivity index (χ0v) is 21.0. The molecule has 1 saturated heterocycles. The highest BCUT2D eigenvalue weighted by atomic mass is 19.3. The zero-order valence-electron chi connectivity index (χ0n) is 21.0. The maximum atomic E-state index is 13.6. The number of carbonyl (C=O) groups excluding carboxylic acids is 1. The lowest BCUT2D eigenvalue weighted by molar-refractivity contribution is -0.147. The van der Waals surface area contributed by atoms with E-state index in [9.17, 15) is 13.6 Å². The van der Waals surface area contributed by atoms with E-state index < -0.39 is 12.0 Å². The van der Waals surface area contributed by atoms with Crippen LogP contribution < -0.4 is 15.5 Å². The zero-order chi connectivity index (χ0) is 26.9. The summed E-state index contributed by atoms with van der Waals surface area (Å²) in [4.78, 5) is 23.8. The summed E-state index contributed by atoms with van der Waals surface area (Å²) >= 11 is 0. The molecular formula is C25H27F2N9O2. The summed E-state index contributed by atoms with van der Waals surface area (Å²) in [6, 6.07) is 9.50. The molecule has 5 heterocycles. The number of alkyl halides is 2. The summed E-state index contributed by atoms with van der Waals surface area (Å²) in [5.74, 6) is 1.35. The van der Waals surface area contributed by atoms with E-state index >= 15 is 0 Å². The molecule has 4 aromatic heterocycles. The van der Waals surface area contributed by atoms with Gasteiger partial charge in [-0.05, 0) is 43.7 Å². The number of carbonyl (C=O) groups is 1. The summed E-state index contributed by atoms with van der Waals surface area (Å²) in [7, 11) is 1.46. The molecule has 3 N–H and O–H groups in total. The second kappa shape index (κ2) is 10.2. The molecule has 0 bridgehead atoms. The SMILES string of the molecule is COC1(C(=O)N[C@@H](C)c2ccc(-n3cccn3)nc2)CN(c2cc(C(F)F)cc(Nc3cc(C)[nH]n3)n2)C1. The van der Waals surface area contributed by atoms with Crippen LogP contribution >= 0.6 is 0 Å². The van der Waals surface area contributed by atoms with E-state index in [4.69, 9.17) is 4.74 Å². The molecule has 4 aromatic rings. The highest BCUT2D eigenvalue weighted by Crippen LogP contribution is 2.34. The summed E-state index contributed by atoms with van der Waals surface area (Å²) in [6.07, 6.45) is 2.45. The Kier molecular flexibility index (Phi) is 6.76. The van der Waals surface area contributed by atoms with Crippen molar-refractivity contribution in [2.24, 2.45) is 0 Å². The number of halogens is 2. The second-order valence-corrected chi connectivity index (χ2v) is 9.16. The van der Waals surface area contributed by atoms with Gasteiger partial charge >= 0.3 is 0 Å². The minimum absolute atomic E-state index is 0.152. The Morgan fingerprint density at radius 3 is 2.58 bits per heavy atom. The molecule has 0 aromatic carbocycles. The number of methoxy groups -OCH3 is 1. The molecule has 1 amide bonds. The first-order valence-corrected chi connectivity index (χ1v) is 11.9. The Hall–Kier alpha value is -4.39. The molecule has 13 heteroatoms. The van der Waals surface area contributed by atoms with Crippen LogP contribution in [0.3, 0.4) is 0 Å². The highest BCUT2D eigenvalue weighted by molar-refractivity contribution is 5.89. The Balaban J connectivity index is 1.27. The number of pyridine rings is 2. The van der Waals surface area contributed by atoms with E-state index in [1.807, 2.05) is 26.0 Å². The van der Waals surface area contributed by atoms with E-state index in [1.54, 1.807) is 40.3 Å². The third-order valence-corrected chi connectivity index (χ3v) is 6.43. The molecule has 1 aliphatic rings. The van der Waals surface area contributed by atoms with E-state index in [0.29, 0.717) is 17.5 Å².